The molecule has 2 N–H and O–H groups in total. The van der Waals surface area contributed by atoms with Gasteiger partial charge in [-0.3, -0.25) is 4.79 Å². The molecule has 0 saturated carbocycles. The maximum absolute atomic E-state index is 13.3. The first kappa shape index (κ1) is 28.2. The van der Waals surface area contributed by atoms with Gasteiger partial charge in [-0.15, -0.1) is 11.8 Å². The van der Waals surface area contributed by atoms with Crippen molar-refractivity contribution in [3.8, 4) is 22.6 Å². The minimum absolute atomic E-state index is 0.0183. The normalized spacial score (nSPS) is 12.8. The molecule has 202 valence electrons. The van der Waals surface area contributed by atoms with E-state index in [1.807, 2.05) is 60.7 Å². The fraction of sp³-hybridized carbons (Fsp3) is 0.167. The summed E-state index contributed by atoms with van der Waals surface area (Å²) in [6, 6.07) is 30.7. The van der Waals surface area contributed by atoms with Gasteiger partial charge < -0.3 is 14.6 Å². The van der Waals surface area contributed by atoms with Gasteiger partial charge in [0.2, 0.25) is 10.0 Å². The molecule has 0 radical (unpaired) electrons. The average Bonchev–Trinajstić information content (AvgIpc) is 2.97. The molecule has 4 aromatic carbocycles. The van der Waals surface area contributed by atoms with Crippen molar-refractivity contribution in [1.82, 2.24) is 4.72 Å². The number of methoxy groups -OCH3 is 1. The van der Waals surface area contributed by atoms with Gasteiger partial charge in [-0.05, 0) is 53.1 Å². The molecule has 0 fully saturated rings. The highest BCUT2D eigenvalue weighted by molar-refractivity contribution is 7.99. The minimum atomic E-state index is -4.14. The SMILES string of the molecule is COc1ccc(-c2ccc(S(=O)(=O)N[C@@H](C(=O)O)[C@H](SCCOc3ccccc3)c3ccccc3)cc2)cc1. The number of para-hydroxylation sites is 1. The van der Waals surface area contributed by atoms with E-state index < -0.39 is 27.3 Å². The lowest BCUT2D eigenvalue weighted by molar-refractivity contribution is -0.139. The molecule has 0 heterocycles. The standard InChI is InChI=1S/C30H29NO6S2/c1-36-25-16-12-22(13-17-25)23-14-18-27(19-15-23)39(34,35)31-28(30(32)33)29(24-8-4-2-5-9-24)38-21-20-37-26-10-6-3-7-11-26/h2-19,28-29,31H,20-21H2,1H3,(H,32,33)/t28-,29-/m1/s1. The number of carboxylic acid groups (broad SMARTS) is 1. The van der Waals surface area contributed by atoms with Crippen LogP contribution in [0.5, 0.6) is 11.5 Å². The number of hydrogen-bond donors (Lipinski definition) is 2. The summed E-state index contributed by atoms with van der Waals surface area (Å²) in [6.45, 7) is 0.337. The van der Waals surface area contributed by atoms with Crippen LogP contribution in [-0.4, -0.2) is 45.0 Å². The number of carboxylic acids is 1. The van der Waals surface area contributed by atoms with Gasteiger partial charge in [0, 0.05) is 5.75 Å². The molecule has 0 amide bonds. The Morgan fingerprint density at radius 2 is 1.38 bits per heavy atom. The summed E-state index contributed by atoms with van der Waals surface area (Å²) in [7, 11) is -2.55. The average molecular weight is 564 g/mol. The molecule has 0 spiro atoms. The van der Waals surface area contributed by atoms with E-state index in [0.29, 0.717) is 23.7 Å². The van der Waals surface area contributed by atoms with Crippen molar-refractivity contribution in [2.45, 2.75) is 16.2 Å². The van der Waals surface area contributed by atoms with Crippen molar-refractivity contribution < 1.29 is 27.8 Å². The summed E-state index contributed by atoms with van der Waals surface area (Å²) in [6.07, 6.45) is 0. The zero-order chi connectivity index (χ0) is 27.7. The van der Waals surface area contributed by atoms with Gasteiger partial charge in [-0.2, -0.15) is 4.72 Å². The van der Waals surface area contributed by atoms with E-state index in [1.165, 1.54) is 23.9 Å². The third-order valence-electron chi connectivity index (χ3n) is 5.96. The number of carbonyl (C=O) groups is 1. The van der Waals surface area contributed by atoms with E-state index in [4.69, 9.17) is 9.47 Å². The molecule has 0 aliphatic heterocycles. The van der Waals surface area contributed by atoms with Crippen LogP contribution in [0.3, 0.4) is 0 Å². The first-order valence-corrected chi connectivity index (χ1v) is 14.7. The third-order valence-corrected chi connectivity index (χ3v) is 8.72. The molecule has 7 nitrogen and oxygen atoms in total. The van der Waals surface area contributed by atoms with Crippen LogP contribution in [0.4, 0.5) is 0 Å². The monoisotopic (exact) mass is 563 g/mol. The predicted molar refractivity (Wildman–Crippen MR) is 154 cm³/mol. The summed E-state index contributed by atoms with van der Waals surface area (Å²) in [5.74, 6) is 0.622. The predicted octanol–water partition coefficient (Wildman–Crippen LogP) is 5.65. The van der Waals surface area contributed by atoms with Crippen LogP contribution in [0, 0.1) is 0 Å². The third kappa shape index (κ3) is 7.63. The lowest BCUT2D eigenvalue weighted by atomic mass is 10.1. The van der Waals surface area contributed by atoms with Crippen LogP contribution in [0.1, 0.15) is 10.8 Å². The Kier molecular flexibility index (Phi) is 9.64. The maximum atomic E-state index is 13.3. The van der Waals surface area contributed by atoms with Gasteiger partial charge in [0.15, 0.2) is 0 Å². The number of hydrogen-bond acceptors (Lipinski definition) is 6. The quantitative estimate of drug-likeness (QED) is 0.203. The van der Waals surface area contributed by atoms with Gasteiger partial charge in [-0.25, -0.2) is 8.42 Å². The maximum Gasteiger partial charge on any atom is 0.323 e. The second kappa shape index (κ2) is 13.3. The van der Waals surface area contributed by atoms with Crippen LogP contribution in [0.15, 0.2) is 114 Å². The molecule has 0 aromatic heterocycles. The lowest BCUT2D eigenvalue weighted by Gasteiger charge is -2.25. The zero-order valence-electron chi connectivity index (χ0n) is 21.3. The fourth-order valence-electron chi connectivity index (χ4n) is 3.97. The lowest BCUT2D eigenvalue weighted by Crippen LogP contribution is -2.44. The van der Waals surface area contributed by atoms with Gasteiger partial charge in [-0.1, -0.05) is 72.8 Å². The highest BCUT2D eigenvalue weighted by Gasteiger charge is 2.34. The van der Waals surface area contributed by atoms with Gasteiger partial charge in [0.1, 0.15) is 17.5 Å². The second-order valence-electron chi connectivity index (χ2n) is 8.55. The molecule has 39 heavy (non-hydrogen) atoms. The van der Waals surface area contributed by atoms with Crippen molar-refractivity contribution in [3.63, 3.8) is 0 Å². The number of benzene rings is 4. The number of ether oxygens (including phenoxy) is 2. The highest BCUT2D eigenvalue weighted by Crippen LogP contribution is 2.33. The number of nitrogens with one attached hydrogen (secondary N) is 1. The van der Waals surface area contributed by atoms with E-state index >= 15 is 0 Å². The number of rotatable bonds is 13. The number of sulfonamides is 1. The Labute approximate surface area is 232 Å². The Hall–Kier alpha value is -3.79. The van der Waals surface area contributed by atoms with Crippen molar-refractivity contribution in [3.05, 3.63) is 115 Å². The number of thioether (sulfide) groups is 1. The van der Waals surface area contributed by atoms with Crippen molar-refractivity contribution in [1.29, 1.82) is 0 Å². The molecular weight excluding hydrogens is 534 g/mol. The Morgan fingerprint density at radius 3 is 1.95 bits per heavy atom. The first-order valence-electron chi connectivity index (χ1n) is 12.2. The summed E-state index contributed by atoms with van der Waals surface area (Å²) in [5.41, 5.74) is 2.42. The molecule has 2 atom stereocenters. The van der Waals surface area contributed by atoms with E-state index in [0.717, 1.165) is 16.9 Å². The van der Waals surface area contributed by atoms with E-state index in [2.05, 4.69) is 4.72 Å². The molecule has 0 saturated heterocycles. The molecule has 9 heteroatoms. The van der Waals surface area contributed by atoms with E-state index in [1.54, 1.807) is 43.5 Å². The van der Waals surface area contributed by atoms with Crippen LogP contribution < -0.4 is 14.2 Å². The van der Waals surface area contributed by atoms with Gasteiger partial charge >= 0.3 is 5.97 Å². The van der Waals surface area contributed by atoms with Crippen LogP contribution in [0.2, 0.25) is 0 Å². The minimum Gasteiger partial charge on any atom is -0.497 e. The van der Waals surface area contributed by atoms with Crippen molar-refractivity contribution in [2.75, 3.05) is 19.5 Å². The Morgan fingerprint density at radius 1 is 0.821 bits per heavy atom. The molecule has 0 bridgehead atoms. The fourth-order valence-corrected chi connectivity index (χ4v) is 6.41. The summed E-state index contributed by atoms with van der Waals surface area (Å²) in [5, 5.41) is 9.42. The van der Waals surface area contributed by atoms with Crippen LogP contribution in [0.25, 0.3) is 11.1 Å². The molecule has 0 unspecified atom stereocenters. The largest absolute Gasteiger partial charge is 0.497 e. The summed E-state index contributed by atoms with van der Waals surface area (Å²) >= 11 is 1.33. The Bertz CT molecular complexity index is 1450. The highest BCUT2D eigenvalue weighted by atomic mass is 32.2. The molecule has 4 aromatic rings. The molecule has 0 aliphatic carbocycles. The van der Waals surface area contributed by atoms with Crippen molar-refractivity contribution >= 4 is 27.8 Å². The topological polar surface area (TPSA) is 102 Å². The van der Waals surface area contributed by atoms with Crippen LogP contribution in [-0.2, 0) is 14.8 Å². The Balaban J connectivity index is 1.51. The van der Waals surface area contributed by atoms with E-state index in [-0.39, 0.29) is 4.90 Å². The first-order chi connectivity index (χ1) is 18.9. The smallest absolute Gasteiger partial charge is 0.323 e. The molecule has 0 aliphatic rings. The summed E-state index contributed by atoms with van der Waals surface area (Å²) in [4.78, 5) is 12.4. The van der Waals surface area contributed by atoms with Crippen LogP contribution >= 0.6 is 11.8 Å². The van der Waals surface area contributed by atoms with E-state index in [9.17, 15) is 18.3 Å². The number of aliphatic carboxylic acids is 1. The molecular formula is C30H29NO6S2. The van der Waals surface area contributed by atoms with Gasteiger partial charge in [0.25, 0.3) is 0 Å². The van der Waals surface area contributed by atoms with Gasteiger partial charge in [0.05, 0.1) is 23.9 Å². The molecule has 4 rings (SSSR count). The zero-order valence-corrected chi connectivity index (χ0v) is 22.9. The van der Waals surface area contributed by atoms with Crippen molar-refractivity contribution in [2.24, 2.45) is 0 Å². The summed E-state index contributed by atoms with van der Waals surface area (Å²) < 4.78 is 40.0. The second-order valence-corrected chi connectivity index (χ2v) is 11.5.